The van der Waals surface area contributed by atoms with Crippen LogP contribution in [-0.4, -0.2) is 55.7 Å². The molecule has 1 aromatic carbocycles. The van der Waals surface area contributed by atoms with Crippen LogP contribution in [0.1, 0.15) is 22.1 Å². The number of methoxy groups -OCH3 is 3. The molecule has 1 heterocycles. The second-order valence-corrected chi connectivity index (χ2v) is 4.69. The van der Waals surface area contributed by atoms with E-state index >= 15 is 0 Å². The number of carbonyl (C=O) groups is 1. The quantitative estimate of drug-likeness (QED) is 0.711. The Bertz CT molecular complexity index is 675. The molecule has 1 aromatic heterocycles. The summed E-state index contributed by atoms with van der Waals surface area (Å²) in [6, 6.07) is 3.52. The van der Waals surface area contributed by atoms with Gasteiger partial charge in [-0.15, -0.1) is 10.2 Å². The fourth-order valence-electron chi connectivity index (χ4n) is 2.07. The Hall–Kier alpha value is -2.81. The van der Waals surface area contributed by atoms with Gasteiger partial charge in [0.15, 0.2) is 11.5 Å². The number of nitrogens with zero attached hydrogens (tertiary/aromatic N) is 2. The largest absolute Gasteiger partial charge is 0.493 e. The first-order valence-electron chi connectivity index (χ1n) is 7.13. The van der Waals surface area contributed by atoms with Gasteiger partial charge in [-0.05, 0) is 17.7 Å². The highest BCUT2D eigenvalue weighted by atomic mass is 16.5. The van der Waals surface area contributed by atoms with Gasteiger partial charge in [0, 0.05) is 6.54 Å². The molecule has 0 aliphatic rings. The van der Waals surface area contributed by atoms with Gasteiger partial charge in [-0.2, -0.15) is 0 Å². The fraction of sp³-hybridized carbons (Fsp3) is 0.400. The maximum absolute atomic E-state index is 11.7. The lowest BCUT2D eigenvalue weighted by atomic mass is 10.1. The third-order valence-electron chi connectivity index (χ3n) is 3.14. The Morgan fingerprint density at radius 1 is 1.17 bits per heavy atom. The minimum absolute atomic E-state index is 0.115. The second-order valence-electron chi connectivity index (χ2n) is 4.69. The monoisotopic (exact) mass is 337 g/mol. The topological polar surface area (TPSA) is 116 Å². The van der Waals surface area contributed by atoms with E-state index in [0.717, 1.165) is 5.56 Å². The lowest BCUT2D eigenvalue weighted by Gasteiger charge is -2.13. The van der Waals surface area contributed by atoms with Gasteiger partial charge in [-0.25, -0.2) is 0 Å². The molecule has 0 bridgehead atoms. The molecule has 0 saturated heterocycles. The van der Waals surface area contributed by atoms with Crippen molar-refractivity contribution in [1.29, 1.82) is 0 Å². The van der Waals surface area contributed by atoms with E-state index in [1.807, 2.05) is 0 Å². The molecule has 0 unspecified atom stereocenters. The highest BCUT2D eigenvalue weighted by molar-refractivity contribution is 5.89. The van der Waals surface area contributed by atoms with Gasteiger partial charge in [0.2, 0.25) is 11.6 Å². The fourth-order valence-corrected chi connectivity index (χ4v) is 2.07. The van der Waals surface area contributed by atoms with Crippen molar-refractivity contribution in [2.75, 3.05) is 34.5 Å². The van der Waals surface area contributed by atoms with Crippen LogP contribution in [-0.2, 0) is 6.42 Å². The second kappa shape index (κ2) is 8.16. The summed E-state index contributed by atoms with van der Waals surface area (Å²) in [5, 5.41) is 18.7. The molecule has 0 saturated carbocycles. The number of rotatable bonds is 8. The molecule has 130 valence electrons. The molecule has 2 aromatic rings. The lowest BCUT2D eigenvalue weighted by molar-refractivity contribution is 0.0908. The molecule has 0 fully saturated rings. The van der Waals surface area contributed by atoms with E-state index in [0.29, 0.717) is 17.2 Å². The van der Waals surface area contributed by atoms with Crippen molar-refractivity contribution in [3.05, 3.63) is 29.5 Å². The van der Waals surface area contributed by atoms with E-state index in [1.165, 1.54) is 21.3 Å². The maximum atomic E-state index is 11.7. The van der Waals surface area contributed by atoms with Crippen LogP contribution in [0, 0.1) is 0 Å². The third-order valence-corrected chi connectivity index (χ3v) is 3.14. The average Bonchev–Trinajstić information content (AvgIpc) is 3.07. The SMILES string of the molecule is COc1cc(Cc2nnc(C(=O)NCCO)o2)cc(OC)c1OC. The first-order chi connectivity index (χ1) is 11.6. The Morgan fingerprint density at radius 3 is 2.38 bits per heavy atom. The number of nitrogens with one attached hydrogen (secondary N) is 1. The van der Waals surface area contributed by atoms with Crippen molar-refractivity contribution < 1.29 is 28.5 Å². The molecule has 0 radical (unpaired) electrons. The number of aliphatic hydroxyl groups excluding tert-OH is 1. The van der Waals surface area contributed by atoms with Gasteiger partial charge in [0.05, 0.1) is 34.4 Å². The van der Waals surface area contributed by atoms with E-state index in [4.69, 9.17) is 23.7 Å². The molecule has 9 heteroatoms. The van der Waals surface area contributed by atoms with E-state index < -0.39 is 5.91 Å². The van der Waals surface area contributed by atoms with Gasteiger partial charge in [0.25, 0.3) is 0 Å². The van der Waals surface area contributed by atoms with Gasteiger partial charge >= 0.3 is 11.8 Å². The minimum Gasteiger partial charge on any atom is -0.493 e. The van der Waals surface area contributed by atoms with Crippen molar-refractivity contribution in [2.45, 2.75) is 6.42 Å². The number of hydrogen-bond donors (Lipinski definition) is 2. The minimum atomic E-state index is -0.535. The van der Waals surface area contributed by atoms with Crippen LogP contribution in [0.5, 0.6) is 17.2 Å². The number of amides is 1. The van der Waals surface area contributed by atoms with Gasteiger partial charge in [0.1, 0.15) is 0 Å². The molecule has 0 aliphatic carbocycles. The average molecular weight is 337 g/mol. The molecule has 2 rings (SSSR count). The van der Waals surface area contributed by atoms with Crippen molar-refractivity contribution in [2.24, 2.45) is 0 Å². The molecule has 0 aliphatic heterocycles. The van der Waals surface area contributed by atoms with E-state index in [-0.39, 0.29) is 31.4 Å². The van der Waals surface area contributed by atoms with Gasteiger partial charge in [-0.1, -0.05) is 0 Å². The zero-order valence-corrected chi connectivity index (χ0v) is 13.7. The summed E-state index contributed by atoms with van der Waals surface area (Å²) in [6.45, 7) is -0.0540. The van der Waals surface area contributed by atoms with Crippen LogP contribution in [0.15, 0.2) is 16.5 Å². The standard InChI is InChI=1S/C15H19N3O6/c1-21-10-6-9(7-11(22-2)13(10)23-3)8-12-17-18-15(24-12)14(20)16-4-5-19/h6-7,19H,4-5,8H2,1-3H3,(H,16,20). The maximum Gasteiger partial charge on any atom is 0.308 e. The van der Waals surface area contributed by atoms with Crippen LogP contribution in [0.3, 0.4) is 0 Å². The Balaban J connectivity index is 2.19. The van der Waals surface area contributed by atoms with E-state index in [9.17, 15) is 4.79 Å². The summed E-state index contributed by atoms with van der Waals surface area (Å²) in [6.07, 6.45) is 0.289. The Morgan fingerprint density at radius 2 is 1.83 bits per heavy atom. The summed E-state index contributed by atoms with van der Waals surface area (Å²) in [5.74, 6) is 1.06. The lowest BCUT2D eigenvalue weighted by Crippen LogP contribution is -2.26. The zero-order valence-electron chi connectivity index (χ0n) is 13.7. The Labute approximate surface area is 138 Å². The Kier molecular flexibility index (Phi) is 5.96. The smallest absolute Gasteiger partial charge is 0.308 e. The molecule has 2 N–H and O–H groups in total. The van der Waals surface area contributed by atoms with Crippen LogP contribution < -0.4 is 19.5 Å². The van der Waals surface area contributed by atoms with Crippen LogP contribution >= 0.6 is 0 Å². The van der Waals surface area contributed by atoms with Crippen molar-refractivity contribution in [1.82, 2.24) is 15.5 Å². The van der Waals surface area contributed by atoms with E-state index in [1.54, 1.807) is 12.1 Å². The van der Waals surface area contributed by atoms with Crippen molar-refractivity contribution >= 4 is 5.91 Å². The normalized spacial score (nSPS) is 10.3. The molecule has 0 spiro atoms. The summed E-state index contributed by atoms with van der Waals surface area (Å²) in [7, 11) is 4.57. The molecule has 9 nitrogen and oxygen atoms in total. The number of aromatic nitrogens is 2. The summed E-state index contributed by atoms with van der Waals surface area (Å²) in [5.41, 5.74) is 0.787. The summed E-state index contributed by atoms with van der Waals surface area (Å²) >= 11 is 0. The zero-order chi connectivity index (χ0) is 17.5. The molecular weight excluding hydrogens is 318 g/mol. The van der Waals surface area contributed by atoms with Crippen molar-refractivity contribution in [3.63, 3.8) is 0 Å². The highest BCUT2D eigenvalue weighted by Crippen LogP contribution is 2.38. The van der Waals surface area contributed by atoms with Crippen LogP contribution in [0.25, 0.3) is 0 Å². The molecule has 24 heavy (non-hydrogen) atoms. The van der Waals surface area contributed by atoms with Gasteiger partial charge in [-0.3, -0.25) is 4.79 Å². The van der Waals surface area contributed by atoms with E-state index in [2.05, 4.69) is 15.5 Å². The molecule has 1 amide bonds. The number of ether oxygens (including phenoxy) is 3. The number of hydrogen-bond acceptors (Lipinski definition) is 8. The van der Waals surface area contributed by atoms with Crippen LogP contribution in [0.4, 0.5) is 0 Å². The van der Waals surface area contributed by atoms with Gasteiger partial charge < -0.3 is 29.1 Å². The first-order valence-corrected chi connectivity index (χ1v) is 7.13. The summed E-state index contributed by atoms with van der Waals surface area (Å²) < 4.78 is 21.2. The summed E-state index contributed by atoms with van der Waals surface area (Å²) in [4.78, 5) is 11.7. The highest BCUT2D eigenvalue weighted by Gasteiger charge is 2.17. The molecule has 0 atom stereocenters. The van der Waals surface area contributed by atoms with Crippen LogP contribution in [0.2, 0.25) is 0 Å². The number of aliphatic hydroxyl groups is 1. The third kappa shape index (κ3) is 3.93. The van der Waals surface area contributed by atoms with Crippen molar-refractivity contribution in [3.8, 4) is 17.2 Å². The first kappa shape index (κ1) is 17.5. The number of carbonyl (C=O) groups excluding carboxylic acids is 1. The predicted octanol–water partition coefficient (Wildman–Crippen LogP) is 0.408. The number of benzene rings is 1. The predicted molar refractivity (Wildman–Crippen MR) is 82.6 cm³/mol. The molecular formula is C15H19N3O6.